The summed E-state index contributed by atoms with van der Waals surface area (Å²) in [5, 5.41) is 0. The van der Waals surface area contributed by atoms with Gasteiger partial charge in [-0.1, -0.05) is 0 Å². The molecule has 0 amide bonds. The van der Waals surface area contributed by atoms with E-state index in [1.807, 2.05) is 0 Å². The van der Waals surface area contributed by atoms with Crippen LogP contribution in [0, 0.1) is 0 Å². The zero-order valence-corrected chi connectivity index (χ0v) is 10.3. The Balaban J connectivity index is 2.73. The third-order valence-corrected chi connectivity index (χ3v) is 2.10. The topological polar surface area (TPSA) is 139 Å². The first kappa shape index (κ1) is 15.5. The van der Waals surface area contributed by atoms with Gasteiger partial charge in [0, 0.05) is 0 Å². The van der Waals surface area contributed by atoms with Crippen LogP contribution < -0.4 is 11.5 Å². The van der Waals surface area contributed by atoms with Crippen LogP contribution >= 0.6 is 0 Å². The molecule has 20 heavy (non-hydrogen) atoms. The van der Waals surface area contributed by atoms with Crippen LogP contribution in [0.25, 0.3) is 0 Å². The lowest BCUT2D eigenvalue weighted by molar-refractivity contribution is -0.137. The van der Waals surface area contributed by atoms with Gasteiger partial charge in [-0.25, -0.2) is 9.59 Å². The van der Waals surface area contributed by atoms with Crippen molar-refractivity contribution < 1.29 is 28.7 Å². The molecular weight excluding hydrogens is 268 g/mol. The van der Waals surface area contributed by atoms with Crippen molar-refractivity contribution in [2.24, 2.45) is 11.5 Å². The maximum absolute atomic E-state index is 11.4. The summed E-state index contributed by atoms with van der Waals surface area (Å²) in [6.45, 7) is -0.839. The Labute approximate surface area is 113 Å². The smallest absolute Gasteiger partial charge is 0.345 e. The number of hydrogen-bond acceptors (Lipinski definition) is 8. The highest BCUT2D eigenvalue weighted by Gasteiger charge is 2.15. The van der Waals surface area contributed by atoms with Gasteiger partial charge in [-0.05, 0) is 24.3 Å². The summed E-state index contributed by atoms with van der Waals surface area (Å²) in [4.78, 5) is 44.5. The first-order valence-electron chi connectivity index (χ1n) is 5.48. The number of esters is 4. The van der Waals surface area contributed by atoms with Crippen molar-refractivity contribution in [3.05, 3.63) is 35.4 Å². The average Bonchev–Trinajstić information content (AvgIpc) is 2.46. The molecular formula is C12H12N2O6. The predicted octanol–water partition coefficient (Wildman–Crippen LogP) is -1.03. The fraction of sp³-hybridized carbons (Fsp3) is 0.167. The Morgan fingerprint density at radius 2 is 1.05 bits per heavy atom. The fourth-order valence-electron chi connectivity index (χ4n) is 1.15. The molecule has 0 fully saturated rings. The van der Waals surface area contributed by atoms with Gasteiger partial charge >= 0.3 is 23.9 Å². The number of nitrogens with two attached hydrogens (primary N) is 2. The first-order valence-corrected chi connectivity index (χ1v) is 5.48. The second-order valence-corrected chi connectivity index (χ2v) is 3.51. The molecule has 0 aliphatic heterocycles. The molecule has 1 aromatic carbocycles. The van der Waals surface area contributed by atoms with Crippen molar-refractivity contribution in [3.63, 3.8) is 0 Å². The summed E-state index contributed by atoms with van der Waals surface area (Å²) < 4.78 is 8.76. The van der Waals surface area contributed by atoms with E-state index in [0.29, 0.717) is 0 Å². The minimum atomic E-state index is -0.890. The Bertz CT molecular complexity index is 488. The number of carbonyl (C=O) groups is 4. The molecule has 0 unspecified atom stereocenters. The monoisotopic (exact) mass is 280 g/mol. The second kappa shape index (κ2) is 7.12. The Morgan fingerprint density at radius 1 is 0.750 bits per heavy atom. The molecule has 0 aliphatic carbocycles. The Morgan fingerprint density at radius 3 is 1.30 bits per heavy atom. The summed E-state index contributed by atoms with van der Waals surface area (Å²) >= 11 is 0. The summed E-state index contributed by atoms with van der Waals surface area (Å²) in [6, 6.07) is 4.98. The van der Waals surface area contributed by atoms with Gasteiger partial charge in [0.1, 0.15) is 0 Å². The van der Waals surface area contributed by atoms with E-state index >= 15 is 0 Å². The van der Waals surface area contributed by atoms with E-state index in [0.717, 1.165) is 0 Å². The van der Waals surface area contributed by atoms with Gasteiger partial charge in [0.25, 0.3) is 0 Å². The molecule has 0 aliphatic rings. The third-order valence-electron chi connectivity index (χ3n) is 2.10. The highest BCUT2D eigenvalue weighted by atomic mass is 16.6. The molecule has 8 heteroatoms. The molecule has 4 N–H and O–H groups in total. The van der Waals surface area contributed by atoms with Gasteiger partial charge in [0.05, 0.1) is 24.2 Å². The molecule has 0 radical (unpaired) electrons. The lowest BCUT2D eigenvalue weighted by Gasteiger charge is -2.03. The largest absolute Gasteiger partial charge is 0.388 e. The van der Waals surface area contributed by atoms with Crippen LogP contribution in [0.2, 0.25) is 0 Å². The van der Waals surface area contributed by atoms with E-state index < -0.39 is 37.0 Å². The minimum Gasteiger partial charge on any atom is -0.388 e. The lowest BCUT2D eigenvalue weighted by Crippen LogP contribution is -2.21. The van der Waals surface area contributed by atoms with Crippen LogP contribution in [0.4, 0.5) is 0 Å². The normalized spacial score (nSPS) is 9.70. The molecule has 1 rings (SSSR count). The van der Waals surface area contributed by atoms with Crippen LogP contribution in [0.1, 0.15) is 20.7 Å². The lowest BCUT2D eigenvalue weighted by atomic mass is 10.1. The quantitative estimate of drug-likeness (QED) is 0.527. The van der Waals surface area contributed by atoms with E-state index in [2.05, 4.69) is 9.47 Å². The average molecular weight is 280 g/mol. The van der Waals surface area contributed by atoms with Crippen molar-refractivity contribution in [1.29, 1.82) is 0 Å². The van der Waals surface area contributed by atoms with Gasteiger partial charge in [0.2, 0.25) is 0 Å². The number of benzene rings is 1. The predicted molar refractivity (Wildman–Crippen MR) is 65.4 cm³/mol. The fourth-order valence-corrected chi connectivity index (χ4v) is 1.15. The maximum atomic E-state index is 11.4. The minimum absolute atomic E-state index is 0.0495. The highest BCUT2D eigenvalue weighted by Crippen LogP contribution is 2.07. The van der Waals surface area contributed by atoms with Crippen molar-refractivity contribution in [2.45, 2.75) is 0 Å². The Hall–Kier alpha value is -2.58. The first-order chi connectivity index (χ1) is 9.47. The maximum Gasteiger partial charge on any atom is 0.345 e. The van der Waals surface area contributed by atoms with E-state index in [4.69, 9.17) is 11.5 Å². The second-order valence-electron chi connectivity index (χ2n) is 3.51. The standard InChI is InChI=1S/C12H12N2O6/c13-5-9(15)19-11(17)7-1-2-8(4-3-7)12(18)20-10(16)6-14/h1-4H,5-6,13-14H2. The van der Waals surface area contributed by atoms with Crippen molar-refractivity contribution in [3.8, 4) is 0 Å². The Kier molecular flexibility index (Phi) is 5.51. The summed E-state index contributed by atoms with van der Waals surface area (Å²) in [7, 11) is 0. The van der Waals surface area contributed by atoms with Crippen molar-refractivity contribution in [2.75, 3.05) is 13.1 Å². The molecule has 0 aromatic heterocycles. The van der Waals surface area contributed by atoms with Crippen LogP contribution in [0.15, 0.2) is 24.3 Å². The summed E-state index contributed by atoms with van der Waals surface area (Å²) in [5.41, 5.74) is 10.1. The molecule has 106 valence electrons. The molecule has 0 bridgehead atoms. The van der Waals surface area contributed by atoms with Gasteiger partial charge in [0.15, 0.2) is 0 Å². The summed E-state index contributed by atoms with van der Waals surface area (Å²) in [5.74, 6) is -3.52. The zero-order chi connectivity index (χ0) is 15.1. The van der Waals surface area contributed by atoms with Gasteiger partial charge < -0.3 is 20.9 Å². The molecule has 8 nitrogen and oxygen atoms in total. The van der Waals surface area contributed by atoms with Gasteiger partial charge in [-0.2, -0.15) is 0 Å². The third kappa shape index (κ3) is 4.26. The van der Waals surface area contributed by atoms with Crippen LogP contribution in [-0.4, -0.2) is 37.0 Å². The SMILES string of the molecule is NCC(=O)OC(=O)c1ccc(C(=O)OC(=O)CN)cc1. The van der Waals surface area contributed by atoms with Crippen LogP contribution in [-0.2, 0) is 19.1 Å². The van der Waals surface area contributed by atoms with E-state index in [9.17, 15) is 19.2 Å². The van der Waals surface area contributed by atoms with Crippen molar-refractivity contribution >= 4 is 23.9 Å². The van der Waals surface area contributed by atoms with Crippen LogP contribution in [0.5, 0.6) is 0 Å². The van der Waals surface area contributed by atoms with Crippen LogP contribution in [0.3, 0.4) is 0 Å². The number of ether oxygens (including phenoxy) is 2. The molecule has 0 heterocycles. The molecule has 0 saturated carbocycles. The number of hydrogen-bond donors (Lipinski definition) is 2. The number of rotatable bonds is 4. The highest BCUT2D eigenvalue weighted by molar-refractivity contribution is 6.00. The zero-order valence-electron chi connectivity index (χ0n) is 10.3. The molecule has 0 spiro atoms. The van der Waals surface area contributed by atoms with E-state index in [1.54, 1.807) is 0 Å². The molecule has 0 atom stereocenters. The van der Waals surface area contributed by atoms with E-state index in [-0.39, 0.29) is 11.1 Å². The van der Waals surface area contributed by atoms with Gasteiger partial charge in [-0.15, -0.1) is 0 Å². The van der Waals surface area contributed by atoms with Gasteiger partial charge in [-0.3, -0.25) is 9.59 Å². The van der Waals surface area contributed by atoms with E-state index in [1.165, 1.54) is 24.3 Å². The molecule has 1 aromatic rings. The summed E-state index contributed by atoms with van der Waals surface area (Å²) in [6.07, 6.45) is 0. The van der Waals surface area contributed by atoms with Crippen molar-refractivity contribution in [1.82, 2.24) is 0 Å². The molecule has 0 saturated heterocycles. The number of carbonyl (C=O) groups excluding carboxylic acids is 4.